The number of nitrogens with one attached hydrogen (secondary N) is 1. The number of anilines is 1. The molecule has 0 spiro atoms. The zero-order chi connectivity index (χ0) is 23.3. The number of rotatable bonds is 8. The fourth-order valence-corrected chi connectivity index (χ4v) is 4.59. The maximum absolute atomic E-state index is 12.3. The van der Waals surface area contributed by atoms with Gasteiger partial charge < -0.3 is 14.4 Å². The monoisotopic (exact) mass is 437 g/mol. The Bertz CT molecular complexity index is 967. The molecule has 1 heterocycles. The Morgan fingerprint density at radius 2 is 1.94 bits per heavy atom. The van der Waals surface area contributed by atoms with E-state index in [2.05, 4.69) is 55.3 Å². The van der Waals surface area contributed by atoms with Gasteiger partial charge in [-0.3, -0.25) is 4.79 Å². The Balaban J connectivity index is 1.77. The first-order chi connectivity index (χ1) is 15.3. The van der Waals surface area contributed by atoms with Crippen LogP contribution in [0.15, 0.2) is 41.5 Å². The van der Waals surface area contributed by atoms with E-state index >= 15 is 0 Å². The van der Waals surface area contributed by atoms with Gasteiger partial charge in [0.05, 0.1) is 26.9 Å². The second kappa shape index (κ2) is 10.1. The second-order valence-corrected chi connectivity index (χ2v) is 9.04. The number of methoxy groups -OCH3 is 2. The van der Waals surface area contributed by atoms with Crippen LogP contribution in [0, 0.1) is 0 Å². The van der Waals surface area contributed by atoms with Gasteiger partial charge in [0, 0.05) is 29.4 Å². The van der Waals surface area contributed by atoms with Gasteiger partial charge in [0.15, 0.2) is 0 Å². The van der Waals surface area contributed by atoms with Crippen molar-refractivity contribution in [3.63, 3.8) is 0 Å². The molecule has 0 saturated carbocycles. The summed E-state index contributed by atoms with van der Waals surface area (Å²) in [5.74, 6) is 1.77. The minimum Gasteiger partial charge on any atom is -0.497 e. The van der Waals surface area contributed by atoms with Gasteiger partial charge in [-0.05, 0) is 61.9 Å². The van der Waals surface area contributed by atoms with Crippen LogP contribution < -0.4 is 19.8 Å². The maximum Gasteiger partial charge on any atom is 0.244 e. The highest BCUT2D eigenvalue weighted by Gasteiger charge is 2.36. The summed E-state index contributed by atoms with van der Waals surface area (Å²) in [4.78, 5) is 14.8. The van der Waals surface area contributed by atoms with E-state index in [1.54, 1.807) is 20.4 Å². The van der Waals surface area contributed by atoms with Crippen LogP contribution in [0.3, 0.4) is 0 Å². The highest BCUT2D eigenvalue weighted by molar-refractivity contribution is 5.87. The quantitative estimate of drug-likeness (QED) is 0.471. The summed E-state index contributed by atoms with van der Waals surface area (Å²) < 4.78 is 10.8. The molecule has 32 heavy (non-hydrogen) atoms. The van der Waals surface area contributed by atoms with Crippen LogP contribution in [-0.4, -0.2) is 38.4 Å². The van der Waals surface area contributed by atoms with E-state index in [-0.39, 0.29) is 17.9 Å². The van der Waals surface area contributed by atoms with Crippen LogP contribution in [0.2, 0.25) is 0 Å². The first-order valence-electron chi connectivity index (χ1n) is 11.2. The number of hydrogen-bond donors (Lipinski definition) is 1. The van der Waals surface area contributed by atoms with Gasteiger partial charge in [-0.15, -0.1) is 0 Å². The number of carbonyl (C=O) groups excluding carboxylic acids is 1. The predicted octanol–water partition coefficient (Wildman–Crippen LogP) is 4.90. The largest absolute Gasteiger partial charge is 0.497 e. The molecular weight excluding hydrogens is 402 g/mol. The fourth-order valence-electron chi connectivity index (χ4n) is 4.59. The lowest BCUT2D eigenvalue weighted by molar-refractivity contribution is -0.120. The summed E-state index contributed by atoms with van der Waals surface area (Å²) in [7, 11) is 3.29. The minimum absolute atomic E-state index is 0.0957. The maximum atomic E-state index is 12.3. The topological polar surface area (TPSA) is 63.2 Å². The normalized spacial score (nSPS) is 17.2. The molecule has 0 aliphatic carbocycles. The number of hydrazone groups is 1. The summed E-state index contributed by atoms with van der Waals surface area (Å²) in [5, 5.41) is 4.20. The van der Waals surface area contributed by atoms with E-state index in [1.165, 1.54) is 11.3 Å². The highest BCUT2D eigenvalue weighted by Crippen LogP contribution is 2.45. The predicted molar refractivity (Wildman–Crippen MR) is 130 cm³/mol. The van der Waals surface area contributed by atoms with Crippen LogP contribution in [0.5, 0.6) is 11.5 Å². The van der Waals surface area contributed by atoms with E-state index in [9.17, 15) is 4.79 Å². The van der Waals surface area contributed by atoms with Crippen molar-refractivity contribution in [1.82, 2.24) is 5.43 Å². The van der Waals surface area contributed by atoms with Gasteiger partial charge in [-0.25, -0.2) is 5.43 Å². The SMILES string of the molecule is CCCN1c2cc(OC)c(/C=N/NC(=O)Cc3ccc(OC)cc3)cc2C(C)CC1(C)C. The minimum atomic E-state index is -0.174. The molecule has 0 fully saturated rings. The average Bonchev–Trinajstić information content (AvgIpc) is 2.76. The zero-order valence-electron chi connectivity index (χ0n) is 20.1. The van der Waals surface area contributed by atoms with Crippen LogP contribution in [-0.2, 0) is 11.2 Å². The third kappa shape index (κ3) is 5.23. The van der Waals surface area contributed by atoms with Crippen LogP contribution in [0.4, 0.5) is 5.69 Å². The molecule has 0 saturated heterocycles. The summed E-state index contributed by atoms with van der Waals surface area (Å²) >= 11 is 0. The lowest BCUT2D eigenvalue weighted by Gasteiger charge is -2.47. The average molecular weight is 438 g/mol. The molecule has 3 rings (SSSR count). The number of carbonyl (C=O) groups is 1. The molecule has 1 atom stereocenters. The summed E-state index contributed by atoms with van der Waals surface area (Å²) in [6.07, 6.45) is 4.09. The molecule has 1 aliphatic rings. The van der Waals surface area contributed by atoms with Crippen LogP contribution in [0.1, 0.15) is 63.1 Å². The summed E-state index contributed by atoms with van der Waals surface area (Å²) in [6.45, 7) is 10.1. The molecule has 6 heteroatoms. The molecule has 0 radical (unpaired) electrons. The van der Waals surface area contributed by atoms with Gasteiger partial charge in [0.1, 0.15) is 11.5 Å². The molecule has 2 aromatic carbocycles. The third-order valence-electron chi connectivity index (χ3n) is 6.10. The number of fused-ring (bicyclic) bond motifs is 1. The Labute approximate surface area is 191 Å². The Morgan fingerprint density at radius 1 is 1.22 bits per heavy atom. The second-order valence-electron chi connectivity index (χ2n) is 9.04. The van der Waals surface area contributed by atoms with Crippen molar-refractivity contribution in [2.75, 3.05) is 25.7 Å². The smallest absolute Gasteiger partial charge is 0.244 e. The molecule has 2 aromatic rings. The molecular formula is C26H35N3O3. The first-order valence-corrected chi connectivity index (χ1v) is 11.2. The lowest BCUT2D eigenvalue weighted by Crippen LogP contribution is -2.48. The number of amides is 1. The van der Waals surface area contributed by atoms with E-state index in [1.807, 2.05) is 24.3 Å². The molecule has 1 amide bonds. The Morgan fingerprint density at radius 3 is 2.56 bits per heavy atom. The zero-order valence-corrected chi connectivity index (χ0v) is 20.1. The standard InChI is InChI=1S/C26H35N3O3/c1-7-12-29-23-15-24(32-6)20(14-22(23)18(2)16-26(29,3)4)17-27-28-25(30)13-19-8-10-21(31-5)11-9-19/h8-11,14-15,17-18H,7,12-13,16H2,1-6H3,(H,28,30)/b27-17+. The molecule has 6 nitrogen and oxygen atoms in total. The molecule has 0 aromatic heterocycles. The van der Waals surface area contributed by atoms with Gasteiger partial charge in [-0.2, -0.15) is 5.10 Å². The van der Waals surface area contributed by atoms with E-state index in [0.717, 1.165) is 42.0 Å². The van der Waals surface area contributed by atoms with Crippen molar-refractivity contribution < 1.29 is 14.3 Å². The summed E-state index contributed by atoms with van der Waals surface area (Å²) in [6, 6.07) is 11.7. The number of hydrogen-bond acceptors (Lipinski definition) is 5. The van der Waals surface area contributed by atoms with Gasteiger partial charge in [-0.1, -0.05) is 26.0 Å². The number of ether oxygens (including phenoxy) is 2. The Hall–Kier alpha value is -3.02. The first kappa shape index (κ1) is 23.6. The van der Waals surface area contributed by atoms with Crippen molar-refractivity contribution in [2.24, 2.45) is 5.10 Å². The highest BCUT2D eigenvalue weighted by atomic mass is 16.5. The van der Waals surface area contributed by atoms with E-state index in [4.69, 9.17) is 9.47 Å². The number of nitrogens with zero attached hydrogens (tertiary/aromatic N) is 2. The fraction of sp³-hybridized carbons (Fsp3) is 0.462. The van der Waals surface area contributed by atoms with E-state index < -0.39 is 0 Å². The molecule has 1 unspecified atom stereocenters. The van der Waals surface area contributed by atoms with Crippen molar-refractivity contribution in [2.45, 2.75) is 58.4 Å². The van der Waals surface area contributed by atoms with Crippen molar-refractivity contribution >= 4 is 17.8 Å². The van der Waals surface area contributed by atoms with Gasteiger partial charge in [0.2, 0.25) is 5.91 Å². The number of benzene rings is 2. The van der Waals surface area contributed by atoms with Crippen molar-refractivity contribution in [3.05, 3.63) is 53.1 Å². The summed E-state index contributed by atoms with van der Waals surface area (Å²) in [5.41, 5.74) is 7.01. The van der Waals surface area contributed by atoms with Crippen molar-refractivity contribution in [1.29, 1.82) is 0 Å². The lowest BCUT2D eigenvalue weighted by atomic mass is 9.79. The van der Waals surface area contributed by atoms with E-state index in [0.29, 0.717) is 5.92 Å². The Kier molecular flexibility index (Phi) is 7.44. The van der Waals surface area contributed by atoms with Gasteiger partial charge >= 0.3 is 0 Å². The molecule has 1 aliphatic heterocycles. The third-order valence-corrected chi connectivity index (χ3v) is 6.10. The van der Waals surface area contributed by atoms with Crippen LogP contribution in [0.25, 0.3) is 0 Å². The van der Waals surface area contributed by atoms with Crippen LogP contribution >= 0.6 is 0 Å². The molecule has 1 N–H and O–H groups in total. The van der Waals surface area contributed by atoms with Crippen molar-refractivity contribution in [3.8, 4) is 11.5 Å². The molecule has 0 bridgehead atoms. The van der Waals surface area contributed by atoms with Gasteiger partial charge in [0.25, 0.3) is 0 Å². The molecule has 172 valence electrons.